The highest BCUT2D eigenvalue weighted by molar-refractivity contribution is 5.04. The lowest BCUT2D eigenvalue weighted by atomic mass is 10.0. The highest BCUT2D eigenvalue weighted by Crippen LogP contribution is 2.19. The maximum atomic E-state index is 5.11. The number of allylic oxidation sites excluding steroid dienone is 1. The van der Waals surface area contributed by atoms with Crippen molar-refractivity contribution in [3.63, 3.8) is 0 Å². The summed E-state index contributed by atoms with van der Waals surface area (Å²) >= 11 is 0. The molecule has 2 atom stereocenters. The molecule has 1 fully saturated rings. The third-order valence-electron chi connectivity index (χ3n) is 1.81. The largest absolute Gasteiger partial charge is 0.343 e. The zero-order valence-electron chi connectivity index (χ0n) is 5.13. The molecule has 2 unspecified atom stereocenters. The number of fused-ring (bicyclic) bond motifs is 1. The van der Waals surface area contributed by atoms with E-state index in [0.29, 0.717) is 6.04 Å². The molecule has 1 aliphatic heterocycles. The maximum Gasteiger partial charge on any atom is 0.215 e. The number of ether oxygens (including phenoxy) is 1. The number of rotatable bonds is 0. The van der Waals surface area contributed by atoms with E-state index in [-0.39, 0.29) is 6.10 Å². The average Bonchev–Trinajstić information content (AvgIpc) is 2.33. The van der Waals surface area contributed by atoms with Crippen molar-refractivity contribution in [3.05, 3.63) is 18.9 Å². The van der Waals surface area contributed by atoms with Crippen LogP contribution in [-0.2, 0) is 4.74 Å². The van der Waals surface area contributed by atoms with Gasteiger partial charge in [-0.15, -0.1) is 0 Å². The van der Waals surface area contributed by atoms with Gasteiger partial charge in [0.1, 0.15) is 0 Å². The lowest BCUT2D eigenvalue weighted by molar-refractivity contribution is 0.178. The lowest BCUT2D eigenvalue weighted by Gasteiger charge is -2.16. The molecule has 0 bridgehead atoms. The fraction of sp³-hybridized carbons (Fsp3) is 0.571. The van der Waals surface area contributed by atoms with E-state index in [1.54, 1.807) is 0 Å². The molecule has 0 spiro atoms. The molecular formula is C7H9NO. The Morgan fingerprint density at radius 3 is 3.56 bits per heavy atom. The zero-order chi connectivity index (χ0) is 6.10. The topological polar surface area (TPSA) is 21.3 Å². The summed E-state index contributed by atoms with van der Waals surface area (Å²) in [4.78, 5) is 0. The van der Waals surface area contributed by atoms with Crippen molar-refractivity contribution in [2.24, 2.45) is 0 Å². The van der Waals surface area contributed by atoms with E-state index < -0.39 is 0 Å². The Bertz CT molecular complexity index is 133. The van der Waals surface area contributed by atoms with E-state index in [9.17, 15) is 0 Å². The van der Waals surface area contributed by atoms with Crippen molar-refractivity contribution in [2.45, 2.75) is 25.0 Å². The molecule has 48 valence electrons. The maximum absolute atomic E-state index is 5.11. The van der Waals surface area contributed by atoms with Crippen LogP contribution in [0, 0.1) is 6.73 Å². The molecule has 9 heavy (non-hydrogen) atoms. The molecule has 1 N–H and O–H groups in total. The molecule has 2 aliphatic rings. The quantitative estimate of drug-likeness (QED) is 0.478. The van der Waals surface area contributed by atoms with Gasteiger partial charge in [0.05, 0.1) is 6.10 Å². The first-order valence-corrected chi connectivity index (χ1v) is 3.29. The molecule has 2 heteroatoms. The summed E-state index contributed by atoms with van der Waals surface area (Å²) in [6.45, 7) is 2.66. The van der Waals surface area contributed by atoms with Gasteiger partial charge in [-0.2, -0.15) is 0 Å². The van der Waals surface area contributed by atoms with Crippen LogP contribution in [0.2, 0.25) is 0 Å². The normalized spacial score (nSPS) is 40.9. The Morgan fingerprint density at radius 2 is 2.67 bits per heavy atom. The van der Waals surface area contributed by atoms with Gasteiger partial charge in [0.25, 0.3) is 0 Å². The molecule has 0 aromatic heterocycles. The van der Waals surface area contributed by atoms with Gasteiger partial charge >= 0.3 is 0 Å². The summed E-state index contributed by atoms with van der Waals surface area (Å²) in [5, 5.41) is 3.04. The van der Waals surface area contributed by atoms with Gasteiger partial charge in [0.15, 0.2) is 0 Å². The summed E-state index contributed by atoms with van der Waals surface area (Å²) in [7, 11) is 0. The van der Waals surface area contributed by atoms with Crippen molar-refractivity contribution in [2.75, 3.05) is 0 Å². The predicted octanol–water partition coefficient (Wildman–Crippen LogP) is 0.690. The van der Waals surface area contributed by atoms with Gasteiger partial charge in [-0.05, 0) is 12.8 Å². The molecule has 1 heterocycles. The van der Waals surface area contributed by atoms with E-state index in [1.807, 2.05) is 0 Å². The second kappa shape index (κ2) is 2.12. The Labute approximate surface area is 54.9 Å². The Morgan fingerprint density at radius 1 is 1.67 bits per heavy atom. The van der Waals surface area contributed by atoms with Crippen LogP contribution in [0.5, 0.6) is 0 Å². The first kappa shape index (κ1) is 5.45. The van der Waals surface area contributed by atoms with E-state index in [0.717, 1.165) is 0 Å². The minimum atomic E-state index is 0.263. The summed E-state index contributed by atoms with van der Waals surface area (Å²) in [5.41, 5.74) is 0. The molecule has 0 amide bonds. The van der Waals surface area contributed by atoms with Crippen molar-refractivity contribution in [1.82, 2.24) is 5.32 Å². The van der Waals surface area contributed by atoms with Crippen LogP contribution in [0.4, 0.5) is 0 Å². The van der Waals surface area contributed by atoms with E-state index in [2.05, 4.69) is 24.2 Å². The smallest absolute Gasteiger partial charge is 0.215 e. The van der Waals surface area contributed by atoms with Crippen LogP contribution in [0.15, 0.2) is 12.2 Å². The number of hydrogen-bond donors (Lipinski definition) is 1. The highest BCUT2D eigenvalue weighted by atomic mass is 16.5. The Hall–Kier alpha value is -0.340. The van der Waals surface area contributed by atoms with E-state index >= 15 is 0 Å². The van der Waals surface area contributed by atoms with Crippen molar-refractivity contribution in [1.29, 1.82) is 0 Å². The molecular weight excluding hydrogens is 114 g/mol. The summed E-state index contributed by atoms with van der Waals surface area (Å²) < 4.78 is 5.11. The van der Waals surface area contributed by atoms with Crippen LogP contribution in [0.1, 0.15) is 12.8 Å². The van der Waals surface area contributed by atoms with Crippen LogP contribution in [0.25, 0.3) is 0 Å². The Balaban J connectivity index is 2.10. The predicted molar refractivity (Wildman–Crippen MR) is 33.4 cm³/mol. The SMILES string of the molecule is [C]1NC2CCC=CC2O1. The van der Waals surface area contributed by atoms with Gasteiger partial charge < -0.3 is 4.74 Å². The average molecular weight is 123 g/mol. The molecule has 0 aromatic carbocycles. The van der Waals surface area contributed by atoms with Crippen molar-refractivity contribution < 1.29 is 4.74 Å². The zero-order valence-corrected chi connectivity index (χ0v) is 5.13. The van der Waals surface area contributed by atoms with Crippen molar-refractivity contribution in [3.8, 4) is 0 Å². The monoisotopic (exact) mass is 123 g/mol. The second-order valence-electron chi connectivity index (χ2n) is 2.44. The number of hydrogen-bond acceptors (Lipinski definition) is 2. The van der Waals surface area contributed by atoms with Crippen LogP contribution in [-0.4, -0.2) is 12.1 Å². The fourth-order valence-corrected chi connectivity index (χ4v) is 1.26. The van der Waals surface area contributed by atoms with Gasteiger partial charge in [0.2, 0.25) is 6.73 Å². The van der Waals surface area contributed by atoms with Gasteiger partial charge in [-0.1, -0.05) is 12.2 Å². The first-order chi connectivity index (χ1) is 4.47. The van der Waals surface area contributed by atoms with E-state index in [1.165, 1.54) is 12.8 Å². The molecule has 2 nitrogen and oxygen atoms in total. The molecule has 2 rings (SSSR count). The van der Waals surface area contributed by atoms with Crippen molar-refractivity contribution >= 4 is 0 Å². The second-order valence-corrected chi connectivity index (χ2v) is 2.44. The Kier molecular flexibility index (Phi) is 1.28. The van der Waals surface area contributed by atoms with Gasteiger partial charge in [0, 0.05) is 6.04 Å². The molecule has 2 radical (unpaired) electrons. The lowest BCUT2D eigenvalue weighted by Crippen LogP contribution is -2.30. The van der Waals surface area contributed by atoms with Crippen LogP contribution in [0.3, 0.4) is 0 Å². The molecule has 1 saturated heterocycles. The summed E-state index contributed by atoms with van der Waals surface area (Å²) in [5.74, 6) is 0. The first-order valence-electron chi connectivity index (χ1n) is 3.29. The molecule has 0 aromatic rings. The summed E-state index contributed by atoms with van der Waals surface area (Å²) in [6, 6.07) is 0.495. The highest BCUT2D eigenvalue weighted by Gasteiger charge is 2.27. The fourth-order valence-electron chi connectivity index (χ4n) is 1.26. The minimum Gasteiger partial charge on any atom is -0.343 e. The minimum absolute atomic E-state index is 0.263. The number of nitrogens with one attached hydrogen (secondary N) is 1. The standard InChI is InChI=1S/C7H9NO/c1-2-4-7-6(3-1)8-5-9-7/h2,4,6-8H,1,3H2. The van der Waals surface area contributed by atoms with Crippen LogP contribution < -0.4 is 5.32 Å². The third kappa shape index (κ3) is 0.884. The van der Waals surface area contributed by atoms with E-state index in [4.69, 9.17) is 4.74 Å². The molecule has 0 saturated carbocycles. The van der Waals surface area contributed by atoms with Gasteiger partial charge in [-0.25, -0.2) is 0 Å². The molecule has 1 aliphatic carbocycles. The van der Waals surface area contributed by atoms with Crippen LogP contribution >= 0.6 is 0 Å². The third-order valence-corrected chi connectivity index (χ3v) is 1.81. The summed E-state index contributed by atoms with van der Waals surface area (Å²) in [6.07, 6.45) is 6.86. The van der Waals surface area contributed by atoms with Gasteiger partial charge in [-0.3, -0.25) is 5.32 Å².